The van der Waals surface area contributed by atoms with Gasteiger partial charge in [-0.1, -0.05) is 12.1 Å². The summed E-state index contributed by atoms with van der Waals surface area (Å²) in [5.41, 5.74) is 3.91. The number of anilines is 1. The molecule has 46 heavy (non-hydrogen) atoms. The maximum atomic E-state index is 14.0. The zero-order chi connectivity index (χ0) is 32.4. The second-order valence-electron chi connectivity index (χ2n) is 13.1. The van der Waals surface area contributed by atoms with Crippen LogP contribution in [0.4, 0.5) is 15.3 Å². The van der Waals surface area contributed by atoms with Gasteiger partial charge >= 0.3 is 12.1 Å². The topological polar surface area (TPSA) is 138 Å². The number of phenolic OH excluding ortho intramolecular Hbond substituents is 2. The van der Waals surface area contributed by atoms with E-state index in [0.717, 1.165) is 61.4 Å². The summed E-state index contributed by atoms with van der Waals surface area (Å²) >= 11 is 0. The number of phenols is 2. The molecule has 0 unspecified atom stereocenters. The lowest BCUT2D eigenvalue weighted by Gasteiger charge is -2.42. The van der Waals surface area contributed by atoms with Crippen LogP contribution < -0.4 is 10.6 Å². The van der Waals surface area contributed by atoms with E-state index in [1.54, 1.807) is 28.0 Å². The average molecular weight is 635 g/mol. The third-order valence-electron chi connectivity index (χ3n) is 10.0. The Labute approximate surface area is 270 Å². The number of nitrogens with zero attached hydrogens (tertiary/aromatic N) is 4. The number of nitrogens with one attached hydrogen (secondary N) is 2. The molecule has 1 atom stereocenters. The van der Waals surface area contributed by atoms with Crippen molar-refractivity contribution < 1.29 is 29.3 Å². The molecule has 0 radical (unpaired) electrons. The van der Waals surface area contributed by atoms with Gasteiger partial charge < -0.3 is 40.3 Å². The number of urea groups is 2. The van der Waals surface area contributed by atoms with Gasteiger partial charge in [0, 0.05) is 83.2 Å². The molecule has 0 bridgehead atoms. The van der Waals surface area contributed by atoms with E-state index in [9.17, 15) is 24.6 Å². The number of benzene rings is 2. The zero-order valence-electron chi connectivity index (χ0n) is 26.8. The van der Waals surface area contributed by atoms with Crippen LogP contribution in [0.3, 0.4) is 0 Å². The molecule has 0 saturated carbocycles. The van der Waals surface area contributed by atoms with Crippen LogP contribution in [-0.4, -0.2) is 118 Å². The maximum Gasteiger partial charge on any atom is 0.322 e. The van der Waals surface area contributed by atoms with Gasteiger partial charge in [0.15, 0.2) is 0 Å². The van der Waals surface area contributed by atoms with Gasteiger partial charge in [-0.2, -0.15) is 0 Å². The number of piperidine rings is 1. The Morgan fingerprint density at radius 2 is 1.59 bits per heavy atom. The Morgan fingerprint density at radius 3 is 2.26 bits per heavy atom. The van der Waals surface area contributed by atoms with Gasteiger partial charge in [0.25, 0.3) is 0 Å². The van der Waals surface area contributed by atoms with Crippen LogP contribution in [0, 0.1) is 13.8 Å². The fourth-order valence-corrected chi connectivity index (χ4v) is 7.37. The number of rotatable bonds is 6. The zero-order valence-corrected chi connectivity index (χ0v) is 26.8. The maximum absolute atomic E-state index is 14.0. The fourth-order valence-electron chi connectivity index (χ4n) is 7.37. The Balaban J connectivity index is 1.09. The van der Waals surface area contributed by atoms with Gasteiger partial charge in [-0.3, -0.25) is 9.69 Å². The lowest BCUT2D eigenvalue weighted by molar-refractivity contribution is -0.135. The van der Waals surface area contributed by atoms with Crippen molar-refractivity contribution in [3.05, 3.63) is 52.6 Å². The second kappa shape index (κ2) is 13.8. The molecule has 3 fully saturated rings. The van der Waals surface area contributed by atoms with Crippen molar-refractivity contribution >= 4 is 23.7 Å². The lowest BCUT2D eigenvalue weighted by atomic mass is 9.98. The van der Waals surface area contributed by atoms with Crippen molar-refractivity contribution in [3.63, 3.8) is 0 Å². The Kier molecular flexibility index (Phi) is 9.55. The van der Waals surface area contributed by atoms with E-state index in [1.165, 1.54) is 0 Å². The number of aryl methyl sites for hydroxylation is 2. The quantitative estimate of drug-likeness (QED) is 0.358. The summed E-state index contributed by atoms with van der Waals surface area (Å²) in [7, 11) is 0. The normalized spacial score (nSPS) is 20.7. The predicted octanol–water partition coefficient (Wildman–Crippen LogP) is 3.17. The summed E-state index contributed by atoms with van der Waals surface area (Å²) in [6.07, 6.45) is 3.57. The van der Waals surface area contributed by atoms with Gasteiger partial charge in [-0.05, 0) is 80.0 Å². The molecule has 0 aromatic heterocycles. The van der Waals surface area contributed by atoms with Gasteiger partial charge in [0.1, 0.15) is 17.5 Å². The minimum absolute atomic E-state index is 0.0491. The summed E-state index contributed by atoms with van der Waals surface area (Å²) in [6.45, 7) is 9.37. The molecule has 2 aromatic carbocycles. The molecule has 2 aromatic rings. The minimum Gasteiger partial charge on any atom is -0.508 e. The van der Waals surface area contributed by atoms with E-state index in [0.29, 0.717) is 63.7 Å². The fraction of sp³-hybridized carbons (Fsp3) is 0.559. The highest BCUT2D eigenvalue weighted by Crippen LogP contribution is 2.30. The first-order valence-electron chi connectivity index (χ1n) is 16.5. The molecule has 4 N–H and O–H groups in total. The predicted molar refractivity (Wildman–Crippen MR) is 173 cm³/mol. The van der Waals surface area contributed by atoms with Gasteiger partial charge in [0.2, 0.25) is 5.91 Å². The Morgan fingerprint density at radius 1 is 0.913 bits per heavy atom. The van der Waals surface area contributed by atoms with Crippen LogP contribution in [0.2, 0.25) is 0 Å². The SMILES string of the molecule is Cc1cc(C[C@@H](NC(=O)N2CCC(N3Cc4cc(O)ccc4NC3=O)CC2)C(=O)N2CCN(C3CCOCC3)CC2)cc(C)c1O. The summed E-state index contributed by atoms with van der Waals surface area (Å²) in [5.74, 6) is 0.305. The first kappa shape index (κ1) is 31.9. The summed E-state index contributed by atoms with van der Waals surface area (Å²) in [6, 6.07) is 7.92. The molecule has 12 heteroatoms. The standard InChI is InChI=1S/C34H46N6O6/c1-22-17-24(18-23(2)31(22)42)19-30(32(43)38-13-11-37(12-14-38)26-7-15-46-16-8-26)36-33(44)39-9-5-27(6-10-39)40-21-25-20-28(41)3-4-29(25)35-34(40)45/h3-4,17-18,20,26-27,30,41-42H,5-16,19,21H2,1-2H3,(H,35,45)(H,36,44)/t30-/m1/s1. The minimum atomic E-state index is -0.750. The lowest BCUT2D eigenvalue weighted by Crippen LogP contribution is -2.59. The second-order valence-corrected chi connectivity index (χ2v) is 13.1. The molecule has 3 saturated heterocycles. The van der Waals surface area contributed by atoms with E-state index < -0.39 is 6.04 Å². The van der Waals surface area contributed by atoms with Crippen LogP contribution in [0.25, 0.3) is 0 Å². The Bertz CT molecular complexity index is 1420. The molecular weight excluding hydrogens is 588 g/mol. The van der Waals surface area contributed by atoms with Gasteiger partial charge in [-0.25, -0.2) is 9.59 Å². The van der Waals surface area contributed by atoms with Crippen LogP contribution >= 0.6 is 0 Å². The van der Waals surface area contributed by atoms with E-state index in [1.807, 2.05) is 30.9 Å². The number of carbonyl (C=O) groups is 3. The number of carbonyl (C=O) groups excluding carboxylic acids is 3. The third-order valence-corrected chi connectivity index (χ3v) is 10.0. The molecule has 0 spiro atoms. The smallest absolute Gasteiger partial charge is 0.322 e. The van der Waals surface area contributed by atoms with E-state index in [-0.39, 0.29) is 35.5 Å². The van der Waals surface area contributed by atoms with Crippen LogP contribution in [0.1, 0.15) is 47.9 Å². The number of hydrogen-bond donors (Lipinski definition) is 4. The molecule has 4 heterocycles. The number of likely N-dealkylation sites (tertiary alicyclic amines) is 1. The highest BCUT2D eigenvalue weighted by molar-refractivity contribution is 5.92. The Hall–Kier alpha value is -4.03. The number of aromatic hydroxyl groups is 2. The average Bonchev–Trinajstić information content (AvgIpc) is 3.07. The van der Waals surface area contributed by atoms with Crippen LogP contribution in [0.15, 0.2) is 30.3 Å². The van der Waals surface area contributed by atoms with Crippen molar-refractivity contribution in [2.24, 2.45) is 0 Å². The molecule has 12 nitrogen and oxygen atoms in total. The largest absolute Gasteiger partial charge is 0.508 e. The molecular formula is C34H46N6O6. The number of ether oxygens (including phenoxy) is 1. The third kappa shape index (κ3) is 7.02. The summed E-state index contributed by atoms with van der Waals surface area (Å²) in [4.78, 5) is 48.4. The first-order chi connectivity index (χ1) is 22.2. The molecule has 248 valence electrons. The van der Waals surface area contributed by atoms with E-state index in [4.69, 9.17) is 4.74 Å². The number of piperazine rings is 1. The van der Waals surface area contributed by atoms with Crippen molar-refractivity contribution in [2.75, 3.05) is 57.8 Å². The van der Waals surface area contributed by atoms with Crippen molar-refractivity contribution in [3.8, 4) is 11.5 Å². The molecule has 0 aliphatic carbocycles. The van der Waals surface area contributed by atoms with Crippen LogP contribution in [-0.2, 0) is 22.5 Å². The van der Waals surface area contributed by atoms with Crippen molar-refractivity contribution in [2.45, 2.75) is 70.6 Å². The van der Waals surface area contributed by atoms with E-state index >= 15 is 0 Å². The number of fused-ring (bicyclic) bond motifs is 1. The number of amides is 5. The monoisotopic (exact) mass is 634 g/mol. The van der Waals surface area contributed by atoms with Crippen molar-refractivity contribution in [1.29, 1.82) is 0 Å². The number of hydrogen-bond acceptors (Lipinski definition) is 7. The molecule has 6 rings (SSSR count). The summed E-state index contributed by atoms with van der Waals surface area (Å²) < 4.78 is 5.53. The van der Waals surface area contributed by atoms with Crippen LogP contribution in [0.5, 0.6) is 11.5 Å². The van der Waals surface area contributed by atoms with Gasteiger partial charge in [-0.15, -0.1) is 0 Å². The van der Waals surface area contributed by atoms with Gasteiger partial charge in [0.05, 0.1) is 0 Å². The highest BCUT2D eigenvalue weighted by Gasteiger charge is 2.35. The van der Waals surface area contributed by atoms with Crippen molar-refractivity contribution in [1.82, 2.24) is 24.9 Å². The summed E-state index contributed by atoms with van der Waals surface area (Å²) in [5, 5.41) is 26.2. The highest BCUT2D eigenvalue weighted by atomic mass is 16.5. The molecule has 4 aliphatic rings. The molecule has 4 aliphatic heterocycles. The van der Waals surface area contributed by atoms with E-state index in [2.05, 4.69) is 15.5 Å². The first-order valence-corrected chi connectivity index (χ1v) is 16.5. The molecule has 5 amide bonds.